The van der Waals surface area contributed by atoms with Gasteiger partial charge in [-0.2, -0.15) is 0 Å². The number of hydrogen-bond acceptors (Lipinski definition) is 1. The summed E-state index contributed by atoms with van der Waals surface area (Å²) in [4.78, 5) is 0. The van der Waals surface area contributed by atoms with E-state index in [1.807, 2.05) is 0 Å². The van der Waals surface area contributed by atoms with Crippen LogP contribution in [0.2, 0.25) is 0 Å². The second-order valence-corrected chi connectivity index (χ2v) is 7.66. The van der Waals surface area contributed by atoms with Gasteiger partial charge in [0.15, 0.2) is 11.6 Å². The van der Waals surface area contributed by atoms with Crippen LogP contribution in [-0.2, 0) is 12.8 Å². The molecule has 4 aromatic carbocycles. The number of hydrogen-bond donors (Lipinski definition) is 0. The fourth-order valence-electron chi connectivity index (χ4n) is 3.64. The maximum Gasteiger partial charge on any atom is 0.166 e. The average Bonchev–Trinajstić information content (AvgIpc) is 2.80. The molecule has 0 saturated heterocycles. The average molecular weight is 466 g/mol. The van der Waals surface area contributed by atoms with Crippen molar-refractivity contribution < 1.29 is 26.7 Å². The lowest BCUT2D eigenvalue weighted by Gasteiger charge is -2.09. The van der Waals surface area contributed by atoms with Crippen LogP contribution in [0.3, 0.4) is 0 Å². The zero-order chi connectivity index (χ0) is 24.2. The predicted molar refractivity (Wildman–Crippen MR) is 121 cm³/mol. The predicted octanol–water partition coefficient (Wildman–Crippen LogP) is 7.12. The summed E-state index contributed by atoms with van der Waals surface area (Å²) in [6, 6.07) is 13.7. The minimum atomic E-state index is -0.929. The van der Waals surface area contributed by atoms with Crippen LogP contribution in [0.15, 0.2) is 60.7 Å². The lowest BCUT2D eigenvalue weighted by Crippen LogP contribution is -2.02. The van der Waals surface area contributed by atoms with E-state index in [1.165, 1.54) is 30.3 Å². The molecule has 4 rings (SSSR count). The molecule has 0 spiro atoms. The van der Waals surface area contributed by atoms with Crippen molar-refractivity contribution in [3.63, 3.8) is 0 Å². The Morgan fingerprint density at radius 3 is 2.18 bits per heavy atom. The first-order chi connectivity index (χ1) is 16.4. The lowest BCUT2D eigenvalue weighted by molar-refractivity contribution is 0.335. The Morgan fingerprint density at radius 1 is 0.706 bits per heavy atom. The second-order valence-electron chi connectivity index (χ2n) is 7.66. The number of aryl methyl sites for hydroxylation is 1. The van der Waals surface area contributed by atoms with Crippen molar-refractivity contribution in [1.29, 1.82) is 0 Å². The zero-order valence-corrected chi connectivity index (χ0v) is 18.2. The molecule has 0 aliphatic carbocycles. The van der Waals surface area contributed by atoms with E-state index in [-0.39, 0.29) is 35.1 Å². The third kappa shape index (κ3) is 5.04. The molecule has 6 heteroatoms. The second kappa shape index (κ2) is 9.96. The molecule has 0 radical (unpaired) electrons. The molecule has 0 atom stereocenters. The van der Waals surface area contributed by atoms with Crippen molar-refractivity contribution in [2.45, 2.75) is 19.8 Å². The highest BCUT2D eigenvalue weighted by molar-refractivity contribution is 5.84. The maximum absolute atomic E-state index is 14.6. The molecule has 0 unspecified atom stereocenters. The molecule has 4 aromatic rings. The van der Waals surface area contributed by atoms with Crippen molar-refractivity contribution in [2.75, 3.05) is 6.61 Å². The molecule has 172 valence electrons. The van der Waals surface area contributed by atoms with Crippen molar-refractivity contribution in [3.8, 4) is 17.6 Å². The van der Waals surface area contributed by atoms with Crippen LogP contribution in [0, 0.1) is 40.9 Å². The van der Waals surface area contributed by atoms with Crippen LogP contribution in [0.1, 0.15) is 29.2 Å². The van der Waals surface area contributed by atoms with Crippen LogP contribution in [0.5, 0.6) is 5.75 Å². The normalized spacial score (nSPS) is 10.8. The third-order valence-corrected chi connectivity index (χ3v) is 5.37. The van der Waals surface area contributed by atoms with Crippen molar-refractivity contribution >= 4 is 10.8 Å². The van der Waals surface area contributed by atoms with Gasteiger partial charge >= 0.3 is 0 Å². The molecule has 0 amide bonds. The van der Waals surface area contributed by atoms with Crippen LogP contribution >= 0.6 is 0 Å². The van der Waals surface area contributed by atoms with Gasteiger partial charge in [0, 0.05) is 28.6 Å². The minimum Gasteiger partial charge on any atom is -0.494 e. The van der Waals surface area contributed by atoms with E-state index >= 15 is 0 Å². The van der Waals surface area contributed by atoms with Gasteiger partial charge in [-0.15, -0.1) is 0 Å². The third-order valence-electron chi connectivity index (χ3n) is 5.37. The van der Waals surface area contributed by atoms with Crippen LogP contribution in [0.25, 0.3) is 10.8 Å². The van der Waals surface area contributed by atoms with E-state index in [9.17, 15) is 22.0 Å². The number of ether oxygens (including phenoxy) is 1. The van der Waals surface area contributed by atoms with E-state index in [1.54, 1.807) is 19.1 Å². The molecule has 0 heterocycles. The zero-order valence-electron chi connectivity index (χ0n) is 18.2. The summed E-state index contributed by atoms with van der Waals surface area (Å²) in [6.45, 7) is 2.02. The topological polar surface area (TPSA) is 9.23 Å². The van der Waals surface area contributed by atoms with E-state index in [0.29, 0.717) is 23.1 Å². The summed E-state index contributed by atoms with van der Waals surface area (Å²) >= 11 is 0. The Bertz CT molecular complexity index is 1410. The monoisotopic (exact) mass is 466 g/mol. The summed E-state index contributed by atoms with van der Waals surface area (Å²) in [5, 5.41) is 0.622. The van der Waals surface area contributed by atoms with Gasteiger partial charge in [0.1, 0.15) is 23.2 Å². The van der Waals surface area contributed by atoms with Gasteiger partial charge in [-0.1, -0.05) is 30.0 Å². The van der Waals surface area contributed by atoms with Crippen molar-refractivity contribution in [1.82, 2.24) is 0 Å². The van der Waals surface area contributed by atoms with Crippen molar-refractivity contribution in [2.24, 2.45) is 0 Å². The first kappa shape index (κ1) is 23.3. The van der Waals surface area contributed by atoms with Gasteiger partial charge in [0.05, 0.1) is 12.2 Å². The number of rotatable bonds is 5. The smallest absolute Gasteiger partial charge is 0.166 e. The standard InChI is InChI=1S/C28H19F5O/c1-2-34-21-15-26(31)23(27(32)16-21)11-6-18-4-8-19(25(30)14-18)7-3-17-5-10-22-20(13-17)9-12-24(29)28(22)33/h4-5,8-10,12-16H,2,6,11H2,1H3. The Morgan fingerprint density at radius 2 is 1.47 bits per heavy atom. The molecule has 1 nitrogen and oxygen atoms in total. The van der Waals surface area contributed by atoms with E-state index in [2.05, 4.69) is 11.8 Å². The molecule has 0 saturated carbocycles. The van der Waals surface area contributed by atoms with Crippen LogP contribution in [0.4, 0.5) is 22.0 Å². The fraction of sp³-hybridized carbons (Fsp3) is 0.143. The van der Waals surface area contributed by atoms with E-state index in [4.69, 9.17) is 4.74 Å². The van der Waals surface area contributed by atoms with Gasteiger partial charge in [-0.05, 0) is 61.0 Å². The highest BCUT2D eigenvalue weighted by atomic mass is 19.2. The van der Waals surface area contributed by atoms with Gasteiger partial charge < -0.3 is 4.74 Å². The molecule has 0 aliphatic heterocycles. The first-order valence-electron chi connectivity index (χ1n) is 10.6. The Kier molecular flexibility index (Phi) is 6.83. The number of benzene rings is 4. The van der Waals surface area contributed by atoms with Crippen LogP contribution < -0.4 is 4.74 Å². The molecule has 0 aromatic heterocycles. The van der Waals surface area contributed by atoms with Gasteiger partial charge in [-0.25, -0.2) is 22.0 Å². The van der Waals surface area contributed by atoms with Gasteiger partial charge in [0.2, 0.25) is 0 Å². The molecule has 34 heavy (non-hydrogen) atoms. The summed E-state index contributed by atoms with van der Waals surface area (Å²) in [5.74, 6) is 1.84. The minimum absolute atomic E-state index is 0.0583. The Hall–Kier alpha value is -3.85. The number of halogens is 5. The highest BCUT2D eigenvalue weighted by Gasteiger charge is 2.13. The van der Waals surface area contributed by atoms with E-state index in [0.717, 1.165) is 18.2 Å². The van der Waals surface area contributed by atoms with Gasteiger partial charge in [-0.3, -0.25) is 0 Å². The fourth-order valence-corrected chi connectivity index (χ4v) is 3.64. The first-order valence-corrected chi connectivity index (χ1v) is 10.6. The summed E-state index contributed by atoms with van der Waals surface area (Å²) in [6.07, 6.45) is 0.294. The molecular weight excluding hydrogens is 447 g/mol. The Balaban J connectivity index is 1.49. The molecule has 0 bridgehead atoms. The van der Waals surface area contributed by atoms with Gasteiger partial charge in [0.25, 0.3) is 0 Å². The Labute approximate surface area is 193 Å². The largest absolute Gasteiger partial charge is 0.494 e. The number of fused-ring (bicyclic) bond motifs is 1. The summed E-state index contributed by atoms with van der Waals surface area (Å²) < 4.78 is 75.3. The molecule has 0 fully saturated rings. The SMILES string of the molecule is CCOc1cc(F)c(CCc2ccc(C#Cc3ccc4c(F)c(F)ccc4c3)c(F)c2)c(F)c1. The van der Waals surface area contributed by atoms with Crippen molar-refractivity contribution in [3.05, 3.63) is 112 Å². The lowest BCUT2D eigenvalue weighted by atomic mass is 10.0. The molecule has 0 N–H and O–H groups in total. The molecular formula is C28H19F5O. The molecule has 0 aliphatic rings. The maximum atomic E-state index is 14.6. The quantitative estimate of drug-likeness (QED) is 0.225. The van der Waals surface area contributed by atoms with Crippen LogP contribution in [-0.4, -0.2) is 6.61 Å². The summed E-state index contributed by atoms with van der Waals surface area (Å²) in [7, 11) is 0. The highest BCUT2D eigenvalue weighted by Crippen LogP contribution is 2.23. The summed E-state index contributed by atoms with van der Waals surface area (Å²) in [5.41, 5.74) is 1.15. The van der Waals surface area contributed by atoms with E-state index < -0.39 is 29.1 Å².